The molecule has 1 N–H and O–H groups in total. The van der Waals surface area contributed by atoms with E-state index in [1.165, 1.54) is 12.8 Å². The number of aromatic nitrogens is 4. The molecule has 4 rings (SSSR count). The van der Waals surface area contributed by atoms with Crippen molar-refractivity contribution < 1.29 is 0 Å². The number of H-pyrrole nitrogens is 1. The van der Waals surface area contributed by atoms with E-state index in [1.54, 1.807) is 6.20 Å². The lowest BCUT2D eigenvalue weighted by molar-refractivity contribution is 0.899. The number of rotatable bonds is 2. The predicted molar refractivity (Wildman–Crippen MR) is 78.6 cm³/mol. The summed E-state index contributed by atoms with van der Waals surface area (Å²) in [5.41, 5.74) is 3.01. The van der Waals surface area contributed by atoms with Crippen LogP contribution in [0.25, 0.3) is 22.2 Å². The zero-order valence-electron chi connectivity index (χ0n) is 11.1. The molecule has 0 saturated carbocycles. The molecule has 0 atom stereocenters. The fourth-order valence-electron chi connectivity index (χ4n) is 2.74. The Morgan fingerprint density at radius 1 is 1.05 bits per heavy atom. The lowest BCUT2D eigenvalue weighted by atomic mass is 10.1. The van der Waals surface area contributed by atoms with Crippen LogP contribution in [0, 0.1) is 0 Å². The Balaban J connectivity index is 1.71. The topological polar surface area (TPSA) is 57.7 Å². The van der Waals surface area contributed by atoms with Gasteiger partial charge in [-0.15, -0.1) is 0 Å². The van der Waals surface area contributed by atoms with E-state index < -0.39 is 0 Å². The molecule has 1 aliphatic rings. The van der Waals surface area contributed by atoms with Crippen LogP contribution in [-0.4, -0.2) is 33.0 Å². The highest BCUT2D eigenvalue weighted by molar-refractivity contribution is 5.93. The van der Waals surface area contributed by atoms with Crippen molar-refractivity contribution in [3.8, 4) is 11.1 Å². The molecule has 0 aliphatic carbocycles. The number of aromatic amines is 1. The van der Waals surface area contributed by atoms with E-state index in [1.807, 2.05) is 24.7 Å². The van der Waals surface area contributed by atoms with Gasteiger partial charge in [-0.2, -0.15) is 0 Å². The van der Waals surface area contributed by atoms with Crippen molar-refractivity contribution in [1.29, 1.82) is 0 Å². The highest BCUT2D eigenvalue weighted by Crippen LogP contribution is 2.27. The Labute approximate surface area is 116 Å². The molecule has 0 unspecified atom stereocenters. The normalized spacial score (nSPS) is 15.1. The molecule has 0 radical (unpaired) electrons. The zero-order chi connectivity index (χ0) is 13.4. The minimum atomic E-state index is 0.837. The van der Waals surface area contributed by atoms with E-state index in [4.69, 9.17) is 0 Å². The smallest absolute Gasteiger partial charge is 0.225 e. The third-order valence-corrected chi connectivity index (χ3v) is 3.79. The molecule has 5 nitrogen and oxygen atoms in total. The summed E-state index contributed by atoms with van der Waals surface area (Å²) in [5, 5.41) is 1.10. The van der Waals surface area contributed by atoms with E-state index in [9.17, 15) is 0 Å². The molecule has 100 valence electrons. The lowest BCUT2D eigenvalue weighted by Gasteiger charge is -2.14. The molecule has 3 aromatic rings. The van der Waals surface area contributed by atoms with Crippen LogP contribution >= 0.6 is 0 Å². The van der Waals surface area contributed by atoms with Crippen molar-refractivity contribution in [3.05, 3.63) is 36.9 Å². The number of anilines is 1. The molecule has 5 heteroatoms. The average molecular weight is 265 g/mol. The van der Waals surface area contributed by atoms with Crippen LogP contribution in [-0.2, 0) is 0 Å². The molecule has 0 bridgehead atoms. The molecule has 0 amide bonds. The van der Waals surface area contributed by atoms with E-state index in [-0.39, 0.29) is 0 Å². The maximum atomic E-state index is 4.50. The second kappa shape index (κ2) is 4.59. The minimum absolute atomic E-state index is 0.837. The first-order chi connectivity index (χ1) is 9.92. The van der Waals surface area contributed by atoms with Gasteiger partial charge in [0.1, 0.15) is 5.65 Å². The Bertz CT molecular complexity index is 725. The lowest BCUT2D eigenvalue weighted by Crippen LogP contribution is -2.20. The number of hydrogen-bond donors (Lipinski definition) is 1. The van der Waals surface area contributed by atoms with Gasteiger partial charge in [-0.3, -0.25) is 0 Å². The third-order valence-electron chi connectivity index (χ3n) is 3.79. The summed E-state index contributed by atoms with van der Waals surface area (Å²) in [6.07, 6.45) is 10.0. The number of nitrogens with zero attached hydrogens (tertiary/aromatic N) is 4. The van der Waals surface area contributed by atoms with Crippen molar-refractivity contribution in [1.82, 2.24) is 19.9 Å². The molecular weight excluding hydrogens is 250 g/mol. The quantitative estimate of drug-likeness (QED) is 0.774. The summed E-state index contributed by atoms with van der Waals surface area (Å²) in [6, 6.07) is 4.00. The summed E-state index contributed by atoms with van der Waals surface area (Å²) < 4.78 is 0. The van der Waals surface area contributed by atoms with Crippen molar-refractivity contribution in [2.24, 2.45) is 0 Å². The van der Waals surface area contributed by atoms with Crippen LogP contribution in [0.2, 0.25) is 0 Å². The number of fused-ring (bicyclic) bond motifs is 1. The van der Waals surface area contributed by atoms with Crippen molar-refractivity contribution >= 4 is 17.0 Å². The van der Waals surface area contributed by atoms with Gasteiger partial charge in [0.2, 0.25) is 5.95 Å². The Hall–Kier alpha value is -2.43. The fourth-order valence-corrected chi connectivity index (χ4v) is 2.74. The second-order valence-corrected chi connectivity index (χ2v) is 5.07. The van der Waals surface area contributed by atoms with Crippen LogP contribution in [0.1, 0.15) is 12.8 Å². The molecular formula is C15H15N5. The largest absolute Gasteiger partial charge is 0.346 e. The van der Waals surface area contributed by atoms with Crippen molar-refractivity contribution in [3.63, 3.8) is 0 Å². The van der Waals surface area contributed by atoms with E-state index in [0.29, 0.717) is 0 Å². The standard InChI is InChI=1S/C15H15N5/c1-2-7-20(6-1)15-18-8-11(9-19-15)13-10-17-14-12(13)4-3-5-16-14/h3-5,8-10H,1-2,6-7H2,(H,16,17). The van der Waals surface area contributed by atoms with E-state index in [0.717, 1.165) is 41.2 Å². The summed E-state index contributed by atoms with van der Waals surface area (Å²) in [4.78, 5) is 18.7. The summed E-state index contributed by atoms with van der Waals surface area (Å²) >= 11 is 0. The third kappa shape index (κ3) is 1.82. The SMILES string of the molecule is c1cnc2[nH]cc(-c3cnc(N4CCCC4)nc3)c2c1. The Morgan fingerprint density at radius 3 is 2.65 bits per heavy atom. The van der Waals surface area contributed by atoms with Crippen molar-refractivity contribution in [2.75, 3.05) is 18.0 Å². The van der Waals surface area contributed by atoms with Gasteiger partial charge in [0.15, 0.2) is 0 Å². The van der Waals surface area contributed by atoms with Gasteiger partial charge in [0, 0.05) is 54.4 Å². The number of pyridine rings is 1. The minimum Gasteiger partial charge on any atom is -0.346 e. The molecule has 4 heterocycles. The van der Waals surface area contributed by atoms with Gasteiger partial charge in [0.25, 0.3) is 0 Å². The average Bonchev–Trinajstić information content (AvgIpc) is 3.17. The first kappa shape index (κ1) is 11.4. The summed E-state index contributed by atoms with van der Waals surface area (Å²) in [7, 11) is 0. The molecule has 1 fully saturated rings. The van der Waals surface area contributed by atoms with Gasteiger partial charge >= 0.3 is 0 Å². The van der Waals surface area contributed by atoms with Crippen LogP contribution in [0.4, 0.5) is 5.95 Å². The van der Waals surface area contributed by atoms with Crippen LogP contribution < -0.4 is 4.90 Å². The fraction of sp³-hybridized carbons (Fsp3) is 0.267. The maximum absolute atomic E-state index is 4.50. The van der Waals surface area contributed by atoms with Gasteiger partial charge in [-0.25, -0.2) is 15.0 Å². The van der Waals surface area contributed by atoms with Gasteiger partial charge in [-0.05, 0) is 25.0 Å². The molecule has 0 aromatic carbocycles. The van der Waals surface area contributed by atoms with Gasteiger partial charge in [0.05, 0.1) is 0 Å². The van der Waals surface area contributed by atoms with Gasteiger partial charge in [-0.1, -0.05) is 0 Å². The Morgan fingerprint density at radius 2 is 1.85 bits per heavy atom. The first-order valence-electron chi connectivity index (χ1n) is 6.91. The van der Waals surface area contributed by atoms with Crippen LogP contribution in [0.3, 0.4) is 0 Å². The number of hydrogen-bond acceptors (Lipinski definition) is 4. The maximum Gasteiger partial charge on any atom is 0.225 e. The molecule has 0 spiro atoms. The number of nitrogens with one attached hydrogen (secondary N) is 1. The molecule has 1 saturated heterocycles. The van der Waals surface area contributed by atoms with E-state index in [2.05, 4.69) is 30.9 Å². The molecule has 1 aliphatic heterocycles. The summed E-state index contributed by atoms with van der Waals surface area (Å²) in [6.45, 7) is 2.13. The monoisotopic (exact) mass is 265 g/mol. The van der Waals surface area contributed by atoms with Crippen molar-refractivity contribution in [2.45, 2.75) is 12.8 Å². The van der Waals surface area contributed by atoms with E-state index >= 15 is 0 Å². The molecule has 3 aromatic heterocycles. The van der Waals surface area contributed by atoms with Crippen LogP contribution in [0.15, 0.2) is 36.9 Å². The van der Waals surface area contributed by atoms with Crippen LogP contribution in [0.5, 0.6) is 0 Å². The summed E-state index contributed by atoms with van der Waals surface area (Å²) in [5.74, 6) is 0.837. The van der Waals surface area contributed by atoms with Gasteiger partial charge < -0.3 is 9.88 Å². The highest BCUT2D eigenvalue weighted by Gasteiger charge is 2.15. The second-order valence-electron chi connectivity index (χ2n) is 5.07. The highest BCUT2D eigenvalue weighted by atomic mass is 15.3. The molecule has 20 heavy (non-hydrogen) atoms. The first-order valence-corrected chi connectivity index (χ1v) is 6.91. The zero-order valence-corrected chi connectivity index (χ0v) is 11.1. The predicted octanol–water partition coefficient (Wildman–Crippen LogP) is 2.62. The Kier molecular flexibility index (Phi) is 2.62.